The molecule has 5 nitrogen and oxygen atoms in total. The average molecular weight is 328 g/mol. The summed E-state index contributed by atoms with van der Waals surface area (Å²) in [7, 11) is 1.67. The van der Waals surface area contributed by atoms with Crippen LogP contribution in [0.2, 0.25) is 0 Å². The Hall–Kier alpha value is -2.37. The molecular weight excluding hydrogens is 304 g/mol. The maximum atomic E-state index is 12.0. The Balaban J connectivity index is 1.83. The molecule has 0 unspecified atom stereocenters. The molecule has 0 bridgehead atoms. The molecule has 0 spiro atoms. The third kappa shape index (κ3) is 6.40. The van der Waals surface area contributed by atoms with Crippen LogP contribution >= 0.6 is 0 Å². The van der Waals surface area contributed by atoms with Crippen molar-refractivity contribution in [3.8, 4) is 5.75 Å². The van der Waals surface area contributed by atoms with Gasteiger partial charge in [-0.2, -0.15) is 0 Å². The van der Waals surface area contributed by atoms with Gasteiger partial charge in [-0.25, -0.2) is 0 Å². The van der Waals surface area contributed by atoms with Crippen LogP contribution in [0.4, 0.5) is 5.69 Å². The van der Waals surface area contributed by atoms with Crippen molar-refractivity contribution in [1.82, 2.24) is 5.32 Å². The molecule has 0 saturated carbocycles. The standard InChI is InChI=1S/C19H24N2O3/c1-23-13-7-12-20-14-19(22)21-17-10-5-6-11-18(17)24-15-16-8-3-2-4-9-16/h2-6,8-11,20H,7,12-15H2,1H3,(H,21,22). The van der Waals surface area contributed by atoms with E-state index < -0.39 is 0 Å². The van der Waals surface area contributed by atoms with Crippen LogP contribution in [0.15, 0.2) is 54.6 Å². The van der Waals surface area contributed by atoms with Gasteiger partial charge in [0.1, 0.15) is 12.4 Å². The van der Waals surface area contributed by atoms with Crippen LogP contribution in [0.5, 0.6) is 5.75 Å². The molecule has 0 aliphatic carbocycles. The Labute approximate surface area is 143 Å². The molecule has 2 rings (SSSR count). The molecule has 0 radical (unpaired) electrons. The Bertz CT molecular complexity index is 617. The second kappa shape index (κ2) is 10.4. The Morgan fingerprint density at radius 1 is 1.04 bits per heavy atom. The highest BCUT2D eigenvalue weighted by Crippen LogP contribution is 2.24. The van der Waals surface area contributed by atoms with Gasteiger partial charge < -0.3 is 20.1 Å². The molecule has 1 amide bonds. The zero-order valence-electron chi connectivity index (χ0n) is 14.0. The number of hydrogen-bond donors (Lipinski definition) is 2. The number of carbonyl (C=O) groups excluding carboxylic acids is 1. The molecule has 2 aromatic rings. The van der Waals surface area contributed by atoms with Crippen LogP contribution < -0.4 is 15.4 Å². The lowest BCUT2D eigenvalue weighted by Gasteiger charge is -2.13. The zero-order chi connectivity index (χ0) is 17.0. The lowest BCUT2D eigenvalue weighted by molar-refractivity contribution is -0.115. The van der Waals surface area contributed by atoms with E-state index in [2.05, 4.69) is 10.6 Å². The van der Waals surface area contributed by atoms with Crippen LogP contribution in [0.25, 0.3) is 0 Å². The smallest absolute Gasteiger partial charge is 0.238 e. The van der Waals surface area contributed by atoms with E-state index in [1.807, 2.05) is 54.6 Å². The quantitative estimate of drug-likeness (QED) is 0.659. The van der Waals surface area contributed by atoms with Crippen LogP contribution in [0.1, 0.15) is 12.0 Å². The van der Waals surface area contributed by atoms with Crippen molar-refractivity contribution in [1.29, 1.82) is 0 Å². The van der Waals surface area contributed by atoms with Gasteiger partial charge in [0.05, 0.1) is 12.2 Å². The van der Waals surface area contributed by atoms with Crippen molar-refractivity contribution in [2.24, 2.45) is 0 Å². The first kappa shape index (κ1) is 18.0. The zero-order valence-corrected chi connectivity index (χ0v) is 14.0. The van der Waals surface area contributed by atoms with E-state index in [0.717, 1.165) is 18.5 Å². The van der Waals surface area contributed by atoms with E-state index in [-0.39, 0.29) is 12.5 Å². The van der Waals surface area contributed by atoms with Crippen molar-refractivity contribution < 1.29 is 14.3 Å². The van der Waals surface area contributed by atoms with Crippen LogP contribution in [0, 0.1) is 0 Å². The molecule has 0 fully saturated rings. The number of rotatable bonds is 10. The number of carbonyl (C=O) groups is 1. The minimum absolute atomic E-state index is 0.0943. The number of ether oxygens (including phenoxy) is 2. The summed E-state index contributed by atoms with van der Waals surface area (Å²) < 4.78 is 10.8. The fourth-order valence-electron chi connectivity index (χ4n) is 2.17. The molecule has 0 aliphatic heterocycles. The van der Waals surface area contributed by atoms with Gasteiger partial charge in [0, 0.05) is 13.7 Å². The number of benzene rings is 2. The largest absolute Gasteiger partial charge is 0.487 e. The molecule has 128 valence electrons. The van der Waals surface area contributed by atoms with E-state index in [9.17, 15) is 4.79 Å². The molecule has 0 heterocycles. The lowest BCUT2D eigenvalue weighted by atomic mass is 10.2. The highest BCUT2D eigenvalue weighted by atomic mass is 16.5. The number of anilines is 1. The predicted molar refractivity (Wildman–Crippen MR) is 95.2 cm³/mol. The van der Waals surface area contributed by atoms with Crippen LogP contribution in [0.3, 0.4) is 0 Å². The van der Waals surface area contributed by atoms with Gasteiger partial charge in [0.15, 0.2) is 0 Å². The van der Waals surface area contributed by atoms with E-state index in [4.69, 9.17) is 9.47 Å². The van der Waals surface area contributed by atoms with Crippen molar-refractivity contribution in [3.05, 3.63) is 60.2 Å². The minimum Gasteiger partial charge on any atom is -0.487 e. The molecule has 0 aromatic heterocycles. The third-order valence-electron chi connectivity index (χ3n) is 3.39. The maximum absolute atomic E-state index is 12.0. The predicted octanol–water partition coefficient (Wildman–Crippen LogP) is 2.83. The Morgan fingerprint density at radius 3 is 2.58 bits per heavy atom. The molecule has 2 N–H and O–H groups in total. The SMILES string of the molecule is COCCCNCC(=O)Nc1ccccc1OCc1ccccc1. The molecule has 0 atom stereocenters. The van der Waals surface area contributed by atoms with Crippen LogP contribution in [-0.2, 0) is 16.1 Å². The second-order valence-electron chi connectivity index (χ2n) is 5.34. The fourth-order valence-corrected chi connectivity index (χ4v) is 2.17. The van der Waals surface area contributed by atoms with Gasteiger partial charge in [-0.1, -0.05) is 42.5 Å². The molecule has 24 heavy (non-hydrogen) atoms. The van der Waals surface area contributed by atoms with E-state index >= 15 is 0 Å². The number of nitrogens with one attached hydrogen (secondary N) is 2. The normalized spacial score (nSPS) is 10.4. The highest BCUT2D eigenvalue weighted by Gasteiger charge is 2.07. The van der Waals surface area contributed by atoms with E-state index in [1.165, 1.54) is 0 Å². The summed E-state index contributed by atoms with van der Waals surface area (Å²) in [5.74, 6) is 0.567. The van der Waals surface area contributed by atoms with Gasteiger partial charge in [0.2, 0.25) is 5.91 Å². The number of para-hydroxylation sites is 2. The molecule has 5 heteroatoms. The maximum Gasteiger partial charge on any atom is 0.238 e. The molecular formula is C19H24N2O3. The van der Waals surface area contributed by atoms with Gasteiger partial charge >= 0.3 is 0 Å². The van der Waals surface area contributed by atoms with Gasteiger partial charge in [-0.3, -0.25) is 4.79 Å². The number of methoxy groups -OCH3 is 1. The van der Waals surface area contributed by atoms with Crippen molar-refractivity contribution >= 4 is 11.6 Å². The summed E-state index contributed by atoms with van der Waals surface area (Å²) >= 11 is 0. The van der Waals surface area contributed by atoms with Crippen molar-refractivity contribution in [2.45, 2.75) is 13.0 Å². The molecule has 0 aliphatic rings. The summed E-state index contributed by atoms with van der Waals surface area (Å²) in [4.78, 5) is 12.0. The lowest BCUT2D eigenvalue weighted by Crippen LogP contribution is -2.29. The van der Waals surface area contributed by atoms with Gasteiger partial charge in [-0.15, -0.1) is 0 Å². The van der Waals surface area contributed by atoms with E-state index in [0.29, 0.717) is 24.7 Å². The summed E-state index contributed by atoms with van der Waals surface area (Å²) in [5.41, 5.74) is 1.76. The summed E-state index contributed by atoms with van der Waals surface area (Å²) in [6.07, 6.45) is 0.876. The topological polar surface area (TPSA) is 59.6 Å². The summed E-state index contributed by atoms with van der Waals surface area (Å²) in [5, 5.41) is 5.96. The van der Waals surface area contributed by atoms with Crippen LogP contribution in [-0.4, -0.2) is 32.7 Å². The minimum atomic E-state index is -0.0943. The monoisotopic (exact) mass is 328 g/mol. The summed E-state index contributed by atoms with van der Waals surface area (Å²) in [6.45, 7) is 2.15. The average Bonchev–Trinajstić information content (AvgIpc) is 2.62. The fraction of sp³-hybridized carbons (Fsp3) is 0.316. The van der Waals surface area contributed by atoms with Gasteiger partial charge in [-0.05, 0) is 30.7 Å². The summed E-state index contributed by atoms with van der Waals surface area (Å²) in [6, 6.07) is 17.4. The Morgan fingerprint density at radius 2 is 1.79 bits per heavy atom. The van der Waals surface area contributed by atoms with Crippen molar-refractivity contribution in [2.75, 3.05) is 32.1 Å². The highest BCUT2D eigenvalue weighted by molar-refractivity contribution is 5.93. The molecule has 0 saturated heterocycles. The Kier molecular flexibility index (Phi) is 7.80. The first-order valence-corrected chi connectivity index (χ1v) is 8.05. The third-order valence-corrected chi connectivity index (χ3v) is 3.39. The first-order chi connectivity index (χ1) is 11.8. The van der Waals surface area contributed by atoms with Crippen molar-refractivity contribution in [3.63, 3.8) is 0 Å². The molecule has 2 aromatic carbocycles. The first-order valence-electron chi connectivity index (χ1n) is 8.05. The van der Waals surface area contributed by atoms with E-state index in [1.54, 1.807) is 7.11 Å². The second-order valence-corrected chi connectivity index (χ2v) is 5.34. The number of amides is 1. The number of hydrogen-bond acceptors (Lipinski definition) is 4. The van der Waals surface area contributed by atoms with Gasteiger partial charge in [0.25, 0.3) is 0 Å².